The Kier molecular flexibility index (Phi) is 3.30. The number of hydrogen-bond donors (Lipinski definition) is 1. The van der Waals surface area contributed by atoms with Gasteiger partial charge in [0.05, 0.1) is 31.6 Å². The van der Waals surface area contributed by atoms with E-state index in [0.29, 0.717) is 41.1 Å². The largest absolute Gasteiger partial charge is 0.493 e. The Morgan fingerprint density at radius 1 is 1.04 bits per heavy atom. The van der Waals surface area contributed by atoms with Crippen LogP contribution in [-0.2, 0) is 9.59 Å². The van der Waals surface area contributed by atoms with E-state index < -0.39 is 0 Å². The molecule has 0 saturated carbocycles. The minimum Gasteiger partial charge on any atom is -0.493 e. The number of carbonyl (C=O) groups is 2. The summed E-state index contributed by atoms with van der Waals surface area (Å²) in [5.41, 5.74) is 0.677. The van der Waals surface area contributed by atoms with Gasteiger partial charge in [0.2, 0.25) is 11.8 Å². The van der Waals surface area contributed by atoms with Crippen LogP contribution in [0.25, 0.3) is 10.9 Å². The van der Waals surface area contributed by atoms with Crippen LogP contribution < -0.4 is 14.4 Å². The number of benzene rings is 1. The molecule has 4 rings (SSSR count). The fourth-order valence-electron chi connectivity index (χ4n) is 3.51. The predicted molar refractivity (Wildman–Crippen MR) is 87.0 cm³/mol. The Hall–Kier alpha value is -2.83. The molecule has 1 aromatic heterocycles. The molecular weight excluding hydrogens is 310 g/mol. The summed E-state index contributed by atoms with van der Waals surface area (Å²) in [6, 6.07) is 3.47. The zero-order valence-corrected chi connectivity index (χ0v) is 13.4. The lowest BCUT2D eigenvalue weighted by atomic mass is 9.85. The van der Waals surface area contributed by atoms with Gasteiger partial charge in [0, 0.05) is 11.5 Å². The van der Waals surface area contributed by atoms with Gasteiger partial charge in [0.25, 0.3) is 0 Å². The van der Waals surface area contributed by atoms with Crippen molar-refractivity contribution in [1.82, 2.24) is 10.2 Å². The lowest BCUT2D eigenvalue weighted by Crippen LogP contribution is -2.31. The van der Waals surface area contributed by atoms with E-state index in [-0.39, 0.29) is 23.7 Å². The third-order valence-corrected chi connectivity index (χ3v) is 4.77. The van der Waals surface area contributed by atoms with Crippen LogP contribution in [0.5, 0.6) is 11.5 Å². The van der Waals surface area contributed by atoms with Crippen molar-refractivity contribution in [3.05, 3.63) is 24.3 Å². The number of nitrogens with one attached hydrogen (secondary N) is 1. The fraction of sp³-hybridized carbons (Fsp3) is 0.353. The number of aromatic nitrogens is 2. The number of nitrogens with zero attached hydrogens (tertiary/aromatic N) is 2. The molecule has 1 aromatic carbocycles. The molecule has 124 valence electrons. The Bertz CT molecular complexity index is 844. The first-order chi connectivity index (χ1) is 11.7. The first-order valence-electron chi connectivity index (χ1n) is 7.78. The third-order valence-electron chi connectivity index (χ3n) is 4.77. The third kappa shape index (κ3) is 1.94. The maximum absolute atomic E-state index is 12.7. The number of H-pyrrole nitrogens is 1. The summed E-state index contributed by atoms with van der Waals surface area (Å²) in [4.78, 5) is 26.7. The topological polar surface area (TPSA) is 84.5 Å². The van der Waals surface area contributed by atoms with Crippen LogP contribution in [0.15, 0.2) is 24.3 Å². The number of fused-ring (bicyclic) bond motifs is 2. The second-order valence-corrected chi connectivity index (χ2v) is 5.97. The molecule has 7 nitrogen and oxygen atoms in total. The first kappa shape index (κ1) is 14.7. The molecule has 0 bridgehead atoms. The van der Waals surface area contributed by atoms with E-state index in [9.17, 15) is 9.59 Å². The summed E-state index contributed by atoms with van der Waals surface area (Å²) < 4.78 is 10.6. The molecule has 0 unspecified atom stereocenters. The zero-order valence-electron chi connectivity index (χ0n) is 13.4. The number of rotatable bonds is 3. The smallest absolute Gasteiger partial charge is 0.239 e. The van der Waals surface area contributed by atoms with Crippen molar-refractivity contribution in [2.24, 2.45) is 11.8 Å². The van der Waals surface area contributed by atoms with Gasteiger partial charge in [0.1, 0.15) is 0 Å². The Morgan fingerprint density at radius 2 is 1.62 bits per heavy atom. The number of methoxy groups -OCH3 is 2. The standard InChI is InChI=1S/C17H17N3O4/c1-23-13-7-11-12(8-14(13)24-2)18-19-15(11)20-16(21)9-5-3-4-6-10(9)17(20)22/h3-4,7-10H,5-6H2,1-2H3,(H,18,19)/t9-,10+. The highest BCUT2D eigenvalue weighted by Gasteiger charge is 2.49. The molecular formula is C17H17N3O4. The molecule has 0 radical (unpaired) electrons. The van der Waals surface area contributed by atoms with Gasteiger partial charge in [-0.1, -0.05) is 12.2 Å². The van der Waals surface area contributed by atoms with E-state index in [1.54, 1.807) is 19.2 Å². The normalized spacial score (nSPS) is 23.0. The minimum atomic E-state index is -0.283. The van der Waals surface area contributed by atoms with Crippen molar-refractivity contribution in [1.29, 1.82) is 0 Å². The lowest BCUT2D eigenvalue weighted by molar-refractivity contribution is -0.122. The molecule has 2 atom stereocenters. The highest BCUT2D eigenvalue weighted by atomic mass is 16.5. The van der Waals surface area contributed by atoms with Crippen LogP contribution in [0.2, 0.25) is 0 Å². The van der Waals surface area contributed by atoms with E-state index in [0.717, 1.165) is 0 Å². The molecule has 2 aliphatic rings. The maximum atomic E-state index is 12.7. The first-order valence-corrected chi connectivity index (χ1v) is 7.78. The number of imide groups is 1. The van der Waals surface area contributed by atoms with Crippen LogP contribution in [0.4, 0.5) is 5.82 Å². The van der Waals surface area contributed by atoms with E-state index >= 15 is 0 Å². The van der Waals surface area contributed by atoms with Gasteiger partial charge in [-0.05, 0) is 18.9 Å². The van der Waals surface area contributed by atoms with Crippen LogP contribution in [0, 0.1) is 11.8 Å². The average Bonchev–Trinajstić information content (AvgIpc) is 3.13. The molecule has 1 saturated heterocycles. The highest BCUT2D eigenvalue weighted by Crippen LogP contribution is 2.41. The molecule has 0 spiro atoms. The summed E-state index contributed by atoms with van der Waals surface area (Å²) in [6.45, 7) is 0. The number of allylic oxidation sites excluding steroid dienone is 2. The lowest BCUT2D eigenvalue weighted by Gasteiger charge is -2.14. The second-order valence-electron chi connectivity index (χ2n) is 5.97. The van der Waals surface area contributed by atoms with Crippen LogP contribution in [0.1, 0.15) is 12.8 Å². The zero-order chi connectivity index (χ0) is 16.8. The van der Waals surface area contributed by atoms with E-state index in [1.165, 1.54) is 12.0 Å². The number of hydrogen-bond acceptors (Lipinski definition) is 5. The molecule has 24 heavy (non-hydrogen) atoms. The number of amides is 2. The second kappa shape index (κ2) is 5.36. The van der Waals surface area contributed by atoms with Crippen molar-refractivity contribution < 1.29 is 19.1 Å². The summed E-state index contributed by atoms with van der Waals surface area (Å²) in [7, 11) is 3.09. The van der Waals surface area contributed by atoms with Crippen LogP contribution >= 0.6 is 0 Å². The molecule has 7 heteroatoms. The number of aromatic amines is 1. The SMILES string of the molecule is COc1cc2[nH]nc(N3C(=O)[C@H]4CC=CC[C@H]4C3=O)c2cc1OC. The molecule has 2 amide bonds. The van der Waals surface area contributed by atoms with Crippen molar-refractivity contribution in [3.8, 4) is 11.5 Å². The van der Waals surface area contributed by atoms with Crippen molar-refractivity contribution >= 4 is 28.5 Å². The molecule has 1 fully saturated rings. The monoisotopic (exact) mass is 327 g/mol. The Labute approximate surface area is 138 Å². The maximum Gasteiger partial charge on any atom is 0.239 e. The van der Waals surface area contributed by atoms with Gasteiger partial charge in [-0.15, -0.1) is 0 Å². The van der Waals surface area contributed by atoms with Crippen LogP contribution in [0.3, 0.4) is 0 Å². The molecule has 2 heterocycles. The summed E-state index contributed by atoms with van der Waals surface area (Å²) in [5, 5.41) is 7.73. The van der Waals surface area contributed by atoms with Crippen molar-refractivity contribution in [2.45, 2.75) is 12.8 Å². The summed E-state index contributed by atoms with van der Waals surface area (Å²) in [5.74, 6) is 0.470. The molecule has 2 aromatic rings. The summed E-state index contributed by atoms with van der Waals surface area (Å²) >= 11 is 0. The molecule has 1 aliphatic carbocycles. The van der Waals surface area contributed by atoms with Gasteiger partial charge >= 0.3 is 0 Å². The van der Waals surface area contributed by atoms with Gasteiger partial charge < -0.3 is 9.47 Å². The Balaban J connectivity index is 1.82. The van der Waals surface area contributed by atoms with Gasteiger partial charge in [-0.3, -0.25) is 14.7 Å². The van der Waals surface area contributed by atoms with Crippen molar-refractivity contribution in [2.75, 3.05) is 19.1 Å². The summed E-state index contributed by atoms with van der Waals surface area (Å²) in [6.07, 6.45) is 5.13. The minimum absolute atomic E-state index is 0.183. The van der Waals surface area contributed by atoms with Crippen molar-refractivity contribution in [3.63, 3.8) is 0 Å². The van der Waals surface area contributed by atoms with E-state index in [4.69, 9.17) is 9.47 Å². The van der Waals surface area contributed by atoms with E-state index in [2.05, 4.69) is 10.2 Å². The van der Waals surface area contributed by atoms with Gasteiger partial charge in [0.15, 0.2) is 17.3 Å². The number of carbonyl (C=O) groups excluding carboxylic acids is 2. The quantitative estimate of drug-likeness (QED) is 0.689. The van der Waals surface area contributed by atoms with Crippen LogP contribution in [-0.4, -0.2) is 36.2 Å². The predicted octanol–water partition coefficient (Wildman–Crippen LogP) is 2.04. The van der Waals surface area contributed by atoms with E-state index in [1.807, 2.05) is 12.2 Å². The number of anilines is 1. The number of ether oxygens (including phenoxy) is 2. The molecule has 1 aliphatic heterocycles. The average molecular weight is 327 g/mol. The Morgan fingerprint density at radius 3 is 2.21 bits per heavy atom. The molecule has 1 N–H and O–H groups in total. The fourth-order valence-corrected chi connectivity index (χ4v) is 3.51. The highest BCUT2D eigenvalue weighted by molar-refractivity contribution is 6.24. The van der Waals surface area contributed by atoms with Gasteiger partial charge in [-0.2, -0.15) is 5.10 Å². The van der Waals surface area contributed by atoms with Gasteiger partial charge in [-0.25, -0.2) is 4.90 Å².